The molecular formula is C14H23N5O. The molecule has 20 heavy (non-hydrogen) atoms. The summed E-state index contributed by atoms with van der Waals surface area (Å²) in [5.41, 5.74) is 0. The second-order valence-electron chi connectivity index (χ2n) is 5.94. The topological polar surface area (TPSA) is 63.1 Å². The number of likely N-dealkylation sites (tertiary alicyclic amines) is 1. The van der Waals surface area contributed by atoms with Crippen molar-refractivity contribution in [1.82, 2.24) is 19.7 Å². The van der Waals surface area contributed by atoms with Gasteiger partial charge in [0, 0.05) is 19.6 Å². The van der Waals surface area contributed by atoms with Crippen LogP contribution >= 0.6 is 0 Å². The maximum atomic E-state index is 12.5. The average Bonchev–Trinajstić information content (AvgIpc) is 3.09. The molecule has 1 aliphatic heterocycles. The van der Waals surface area contributed by atoms with Gasteiger partial charge in [0.15, 0.2) is 0 Å². The number of carbonyl (C=O) groups excluding carboxylic acids is 1. The molecule has 2 fully saturated rings. The van der Waals surface area contributed by atoms with Crippen molar-refractivity contribution < 1.29 is 4.79 Å². The quantitative estimate of drug-likeness (QED) is 0.902. The van der Waals surface area contributed by atoms with E-state index < -0.39 is 0 Å². The largest absolute Gasteiger partial charge is 0.324 e. The molecule has 6 heteroatoms. The number of rotatable bonds is 2. The third kappa shape index (κ3) is 2.64. The predicted octanol–water partition coefficient (Wildman–Crippen LogP) is 2.39. The number of urea groups is 1. The van der Waals surface area contributed by atoms with Gasteiger partial charge in [0.05, 0.1) is 0 Å². The lowest BCUT2D eigenvalue weighted by atomic mass is 9.83. The molecule has 1 saturated heterocycles. The van der Waals surface area contributed by atoms with Crippen molar-refractivity contribution in [1.29, 1.82) is 0 Å². The van der Waals surface area contributed by atoms with Crippen molar-refractivity contribution in [3.8, 4) is 0 Å². The third-order valence-electron chi connectivity index (χ3n) is 4.68. The zero-order valence-corrected chi connectivity index (χ0v) is 12.1. The first-order chi connectivity index (χ1) is 9.75. The van der Waals surface area contributed by atoms with Gasteiger partial charge in [-0.05, 0) is 31.6 Å². The van der Waals surface area contributed by atoms with Gasteiger partial charge in [-0.3, -0.25) is 5.32 Å². The van der Waals surface area contributed by atoms with Crippen molar-refractivity contribution >= 4 is 12.0 Å². The lowest BCUT2D eigenvalue weighted by Crippen LogP contribution is -2.43. The van der Waals surface area contributed by atoms with Crippen LogP contribution in [-0.2, 0) is 7.05 Å². The van der Waals surface area contributed by atoms with Gasteiger partial charge in [0.25, 0.3) is 0 Å². The van der Waals surface area contributed by atoms with Gasteiger partial charge in [-0.25, -0.2) is 9.48 Å². The molecule has 1 aromatic rings. The first-order valence-electron chi connectivity index (χ1n) is 7.67. The third-order valence-corrected chi connectivity index (χ3v) is 4.68. The number of hydrogen-bond acceptors (Lipinski definition) is 3. The summed E-state index contributed by atoms with van der Waals surface area (Å²) in [6, 6.07) is 0.401. The summed E-state index contributed by atoms with van der Waals surface area (Å²) in [5, 5.41) is 6.86. The Morgan fingerprint density at radius 1 is 1.25 bits per heavy atom. The van der Waals surface area contributed by atoms with E-state index in [1.165, 1.54) is 38.4 Å². The zero-order chi connectivity index (χ0) is 13.9. The Kier molecular flexibility index (Phi) is 3.89. The molecule has 1 atom stereocenters. The predicted molar refractivity (Wildman–Crippen MR) is 76.3 cm³/mol. The van der Waals surface area contributed by atoms with E-state index in [1.807, 2.05) is 4.90 Å². The van der Waals surface area contributed by atoms with Gasteiger partial charge in [-0.15, -0.1) is 0 Å². The normalized spacial score (nSPS) is 24.1. The second-order valence-corrected chi connectivity index (χ2v) is 5.94. The molecule has 1 N–H and O–H groups in total. The Hall–Kier alpha value is -1.59. The van der Waals surface area contributed by atoms with Crippen LogP contribution in [0.3, 0.4) is 0 Å². The number of anilines is 1. The summed E-state index contributed by atoms with van der Waals surface area (Å²) in [7, 11) is 1.78. The van der Waals surface area contributed by atoms with Gasteiger partial charge in [-0.1, -0.05) is 19.3 Å². The second kappa shape index (κ2) is 5.81. The Labute approximate surface area is 119 Å². The number of nitrogens with zero attached hydrogens (tertiary/aromatic N) is 4. The van der Waals surface area contributed by atoms with Crippen LogP contribution < -0.4 is 5.32 Å². The SMILES string of the molecule is Cn1ncnc1NC(=O)N1CCCC1C1CCCCC1. The summed E-state index contributed by atoms with van der Waals surface area (Å²) < 4.78 is 1.59. The number of nitrogens with one attached hydrogen (secondary N) is 1. The molecule has 1 unspecified atom stereocenters. The van der Waals surface area contributed by atoms with Crippen molar-refractivity contribution in [2.75, 3.05) is 11.9 Å². The summed E-state index contributed by atoms with van der Waals surface area (Å²) >= 11 is 0. The maximum Gasteiger partial charge on any atom is 0.324 e. The van der Waals surface area contributed by atoms with Gasteiger partial charge >= 0.3 is 6.03 Å². The van der Waals surface area contributed by atoms with Crippen molar-refractivity contribution in [3.05, 3.63) is 6.33 Å². The molecule has 2 heterocycles. The molecule has 3 rings (SSSR count). The Balaban J connectivity index is 1.65. The molecule has 0 radical (unpaired) electrons. The molecule has 1 saturated carbocycles. The van der Waals surface area contributed by atoms with Crippen LogP contribution in [0, 0.1) is 5.92 Å². The van der Waals surface area contributed by atoms with Crippen LogP contribution in [0.5, 0.6) is 0 Å². The molecule has 2 amide bonds. The van der Waals surface area contributed by atoms with Crippen LogP contribution in [0.1, 0.15) is 44.9 Å². The molecule has 0 spiro atoms. The van der Waals surface area contributed by atoms with E-state index in [1.54, 1.807) is 11.7 Å². The van der Waals surface area contributed by atoms with Crippen LogP contribution in [0.15, 0.2) is 6.33 Å². The van der Waals surface area contributed by atoms with Crippen molar-refractivity contribution in [2.24, 2.45) is 13.0 Å². The lowest BCUT2D eigenvalue weighted by Gasteiger charge is -2.33. The van der Waals surface area contributed by atoms with E-state index in [0.29, 0.717) is 17.9 Å². The van der Waals surface area contributed by atoms with Gasteiger partial charge in [0.1, 0.15) is 6.33 Å². The number of aryl methyl sites for hydroxylation is 1. The van der Waals surface area contributed by atoms with E-state index in [2.05, 4.69) is 15.4 Å². The molecule has 0 bridgehead atoms. The smallest absolute Gasteiger partial charge is 0.321 e. The molecule has 1 aromatic heterocycles. The summed E-state index contributed by atoms with van der Waals surface area (Å²) in [6.45, 7) is 0.866. The molecular weight excluding hydrogens is 254 g/mol. The molecule has 6 nitrogen and oxygen atoms in total. The van der Waals surface area contributed by atoms with E-state index in [0.717, 1.165) is 19.4 Å². The number of aromatic nitrogens is 3. The Morgan fingerprint density at radius 3 is 2.75 bits per heavy atom. The fourth-order valence-corrected chi connectivity index (χ4v) is 3.63. The number of carbonyl (C=O) groups is 1. The van der Waals surface area contributed by atoms with Crippen LogP contribution in [0.25, 0.3) is 0 Å². The van der Waals surface area contributed by atoms with Crippen LogP contribution in [0.4, 0.5) is 10.7 Å². The molecule has 0 aromatic carbocycles. The first kappa shape index (κ1) is 13.4. The summed E-state index contributed by atoms with van der Waals surface area (Å²) in [4.78, 5) is 18.5. The lowest BCUT2D eigenvalue weighted by molar-refractivity contribution is 0.166. The highest BCUT2D eigenvalue weighted by atomic mass is 16.2. The fourth-order valence-electron chi connectivity index (χ4n) is 3.63. The highest BCUT2D eigenvalue weighted by molar-refractivity contribution is 5.87. The van der Waals surface area contributed by atoms with Crippen LogP contribution in [-0.4, -0.2) is 38.3 Å². The van der Waals surface area contributed by atoms with Gasteiger partial charge in [-0.2, -0.15) is 10.1 Å². The van der Waals surface area contributed by atoms with E-state index in [-0.39, 0.29) is 6.03 Å². The minimum atomic E-state index is -0.0193. The van der Waals surface area contributed by atoms with Crippen molar-refractivity contribution in [3.63, 3.8) is 0 Å². The minimum Gasteiger partial charge on any atom is -0.321 e. The Morgan fingerprint density at radius 2 is 2.05 bits per heavy atom. The van der Waals surface area contributed by atoms with Crippen molar-refractivity contribution in [2.45, 2.75) is 51.0 Å². The van der Waals surface area contributed by atoms with E-state index >= 15 is 0 Å². The first-order valence-corrected chi connectivity index (χ1v) is 7.67. The van der Waals surface area contributed by atoms with E-state index in [9.17, 15) is 4.79 Å². The highest BCUT2D eigenvalue weighted by Gasteiger charge is 2.35. The zero-order valence-electron chi connectivity index (χ0n) is 12.1. The monoisotopic (exact) mass is 277 g/mol. The summed E-state index contributed by atoms with van der Waals surface area (Å²) in [5.74, 6) is 1.21. The summed E-state index contributed by atoms with van der Waals surface area (Å²) in [6.07, 6.45) is 10.3. The maximum absolute atomic E-state index is 12.5. The number of hydrogen-bond donors (Lipinski definition) is 1. The highest BCUT2D eigenvalue weighted by Crippen LogP contribution is 2.34. The average molecular weight is 277 g/mol. The molecule has 2 aliphatic rings. The fraction of sp³-hybridized carbons (Fsp3) is 0.786. The number of amides is 2. The van der Waals surface area contributed by atoms with Gasteiger partial charge < -0.3 is 4.90 Å². The molecule has 110 valence electrons. The van der Waals surface area contributed by atoms with E-state index in [4.69, 9.17) is 0 Å². The molecule has 1 aliphatic carbocycles. The van der Waals surface area contributed by atoms with Crippen LogP contribution in [0.2, 0.25) is 0 Å². The standard InChI is InChI=1S/C14H23N5O/c1-18-13(15-10-16-18)17-14(20)19-9-5-8-12(19)11-6-3-2-4-7-11/h10-12H,2-9H2,1H3,(H,15,16,17,20). The minimum absolute atomic E-state index is 0.0193. The Bertz CT molecular complexity index is 466. The van der Waals surface area contributed by atoms with Gasteiger partial charge in [0.2, 0.25) is 5.95 Å².